The highest BCUT2D eigenvalue weighted by atomic mass is 16.3. The number of hydrogen-bond donors (Lipinski definition) is 3. The van der Waals surface area contributed by atoms with Gasteiger partial charge in [0.05, 0.1) is 0 Å². The van der Waals surface area contributed by atoms with Gasteiger partial charge in [0.15, 0.2) is 0 Å². The second kappa shape index (κ2) is 7.48. The molecule has 0 aromatic rings. The summed E-state index contributed by atoms with van der Waals surface area (Å²) in [5, 5.41) is 12.4. The van der Waals surface area contributed by atoms with Gasteiger partial charge in [0.1, 0.15) is 12.1 Å². The van der Waals surface area contributed by atoms with Crippen LogP contribution in [0.1, 0.15) is 52.4 Å². The molecule has 19 heavy (non-hydrogen) atoms. The minimum Gasteiger partial charge on any atom is -0.383 e. The molecule has 1 rings (SSSR count). The van der Waals surface area contributed by atoms with Crippen molar-refractivity contribution in [1.29, 1.82) is 0 Å². The summed E-state index contributed by atoms with van der Waals surface area (Å²) < 4.78 is 0. The first kappa shape index (κ1) is 16.0. The molecule has 1 fully saturated rings. The topological polar surface area (TPSA) is 92.4 Å². The van der Waals surface area contributed by atoms with E-state index < -0.39 is 24.0 Å². The largest absolute Gasteiger partial charge is 0.383 e. The van der Waals surface area contributed by atoms with E-state index in [1.54, 1.807) is 0 Å². The van der Waals surface area contributed by atoms with Gasteiger partial charge in [-0.3, -0.25) is 9.59 Å². The van der Waals surface area contributed by atoms with Gasteiger partial charge in [0.2, 0.25) is 11.8 Å². The Labute approximate surface area is 114 Å². The van der Waals surface area contributed by atoms with E-state index in [1.807, 2.05) is 13.8 Å². The van der Waals surface area contributed by atoms with Crippen molar-refractivity contribution in [2.45, 2.75) is 64.5 Å². The Morgan fingerprint density at radius 1 is 1.26 bits per heavy atom. The molecular formula is C14H26N2O3. The predicted molar refractivity (Wildman–Crippen MR) is 73.2 cm³/mol. The molecule has 0 aromatic carbocycles. The van der Waals surface area contributed by atoms with Gasteiger partial charge < -0.3 is 16.2 Å². The number of hydrogen-bond acceptors (Lipinski definition) is 3. The average Bonchev–Trinajstić information content (AvgIpc) is 2.35. The molecule has 1 aliphatic carbocycles. The van der Waals surface area contributed by atoms with Crippen LogP contribution in [0.3, 0.4) is 0 Å². The van der Waals surface area contributed by atoms with Gasteiger partial charge in [0.25, 0.3) is 0 Å². The number of aliphatic hydroxyl groups excluding tert-OH is 1. The third kappa shape index (κ3) is 5.19. The molecule has 0 saturated heterocycles. The molecule has 0 spiro atoms. The van der Waals surface area contributed by atoms with E-state index in [-0.39, 0.29) is 11.8 Å². The van der Waals surface area contributed by atoms with Crippen LogP contribution in [0.25, 0.3) is 0 Å². The Kier molecular flexibility index (Phi) is 6.28. The van der Waals surface area contributed by atoms with Crippen LogP contribution in [-0.4, -0.2) is 29.1 Å². The molecule has 1 saturated carbocycles. The van der Waals surface area contributed by atoms with Gasteiger partial charge in [-0.05, 0) is 31.1 Å². The maximum Gasteiger partial charge on any atom is 0.249 e. The van der Waals surface area contributed by atoms with Crippen LogP contribution in [0, 0.1) is 11.8 Å². The lowest BCUT2D eigenvalue weighted by Gasteiger charge is -2.29. The Morgan fingerprint density at radius 3 is 2.32 bits per heavy atom. The van der Waals surface area contributed by atoms with E-state index in [0.717, 1.165) is 25.7 Å². The van der Waals surface area contributed by atoms with E-state index in [9.17, 15) is 14.7 Å². The molecule has 0 aromatic heterocycles. The predicted octanol–water partition coefficient (Wildman–Crippen LogP) is 0.944. The summed E-state index contributed by atoms with van der Waals surface area (Å²) in [6, 6.07) is -0.644. The molecule has 0 heterocycles. The molecule has 0 aliphatic heterocycles. The number of primary amides is 1. The molecule has 0 unspecified atom stereocenters. The van der Waals surface area contributed by atoms with Crippen molar-refractivity contribution in [2.24, 2.45) is 17.6 Å². The minimum absolute atomic E-state index is 0.112. The summed E-state index contributed by atoms with van der Waals surface area (Å²) in [6.45, 7) is 3.87. The fourth-order valence-electron chi connectivity index (χ4n) is 2.69. The number of amides is 2. The third-order valence-electron chi connectivity index (χ3n) is 3.72. The van der Waals surface area contributed by atoms with Gasteiger partial charge in [0, 0.05) is 0 Å². The van der Waals surface area contributed by atoms with Crippen molar-refractivity contribution >= 4 is 11.8 Å². The maximum atomic E-state index is 11.9. The fourth-order valence-corrected chi connectivity index (χ4v) is 2.69. The van der Waals surface area contributed by atoms with Crippen LogP contribution in [0.15, 0.2) is 0 Å². The molecule has 0 bridgehead atoms. The Morgan fingerprint density at radius 2 is 1.84 bits per heavy atom. The van der Waals surface area contributed by atoms with Crippen molar-refractivity contribution in [1.82, 2.24) is 5.32 Å². The Balaban J connectivity index is 2.57. The second-order valence-electron chi connectivity index (χ2n) is 5.93. The maximum absolute atomic E-state index is 11.9. The van der Waals surface area contributed by atoms with Crippen molar-refractivity contribution in [3.05, 3.63) is 0 Å². The quantitative estimate of drug-likeness (QED) is 0.670. The molecule has 1 aliphatic rings. The monoisotopic (exact) mass is 270 g/mol. The zero-order chi connectivity index (χ0) is 14.4. The Hall–Kier alpha value is -1.10. The number of carbonyl (C=O) groups is 2. The standard InChI is InChI=1S/C14H26N2O3/c1-9(2)8-11(17)14(19)16-12(13(15)18)10-6-4-3-5-7-10/h9-12,17H,3-8H2,1-2H3,(H2,15,18)(H,16,19)/t11-,12-/m1/s1. The summed E-state index contributed by atoms with van der Waals surface area (Å²) in [5.41, 5.74) is 5.38. The number of rotatable bonds is 6. The van der Waals surface area contributed by atoms with Gasteiger partial charge in [-0.25, -0.2) is 0 Å². The van der Waals surface area contributed by atoms with Gasteiger partial charge in [-0.2, -0.15) is 0 Å². The lowest BCUT2D eigenvalue weighted by molar-refractivity contribution is -0.134. The van der Waals surface area contributed by atoms with E-state index in [1.165, 1.54) is 6.42 Å². The molecule has 110 valence electrons. The molecule has 2 amide bonds. The molecule has 0 radical (unpaired) electrons. The van der Waals surface area contributed by atoms with Crippen LogP contribution in [-0.2, 0) is 9.59 Å². The highest BCUT2D eigenvalue weighted by Crippen LogP contribution is 2.26. The first-order valence-electron chi connectivity index (χ1n) is 7.19. The molecule has 2 atom stereocenters. The first-order chi connectivity index (χ1) is 8.91. The van der Waals surface area contributed by atoms with Crippen molar-refractivity contribution in [2.75, 3.05) is 0 Å². The first-order valence-corrected chi connectivity index (χ1v) is 7.19. The van der Waals surface area contributed by atoms with Crippen molar-refractivity contribution < 1.29 is 14.7 Å². The highest BCUT2D eigenvalue weighted by Gasteiger charge is 2.31. The van der Waals surface area contributed by atoms with Crippen LogP contribution in [0.5, 0.6) is 0 Å². The van der Waals surface area contributed by atoms with E-state index in [4.69, 9.17) is 5.73 Å². The van der Waals surface area contributed by atoms with Crippen LogP contribution in [0.2, 0.25) is 0 Å². The van der Waals surface area contributed by atoms with Crippen LogP contribution >= 0.6 is 0 Å². The molecule has 5 nitrogen and oxygen atoms in total. The van der Waals surface area contributed by atoms with Gasteiger partial charge in [-0.1, -0.05) is 33.1 Å². The zero-order valence-corrected chi connectivity index (χ0v) is 11.9. The summed E-state index contributed by atoms with van der Waals surface area (Å²) >= 11 is 0. The van der Waals surface area contributed by atoms with Crippen molar-refractivity contribution in [3.8, 4) is 0 Å². The summed E-state index contributed by atoms with van der Waals surface area (Å²) in [7, 11) is 0. The molecular weight excluding hydrogens is 244 g/mol. The minimum atomic E-state index is -1.06. The lowest BCUT2D eigenvalue weighted by atomic mass is 9.83. The number of nitrogens with two attached hydrogens (primary N) is 1. The fraction of sp³-hybridized carbons (Fsp3) is 0.857. The Bertz CT molecular complexity index is 312. The summed E-state index contributed by atoms with van der Waals surface area (Å²) in [5.74, 6) is -0.649. The lowest BCUT2D eigenvalue weighted by Crippen LogP contribution is -2.52. The number of carbonyl (C=O) groups excluding carboxylic acids is 2. The summed E-state index contributed by atoms with van der Waals surface area (Å²) in [6.07, 6.45) is 4.46. The van der Waals surface area contributed by atoms with Gasteiger partial charge >= 0.3 is 0 Å². The molecule has 5 heteroatoms. The van der Waals surface area contributed by atoms with E-state index >= 15 is 0 Å². The average molecular weight is 270 g/mol. The number of aliphatic hydroxyl groups is 1. The number of nitrogens with one attached hydrogen (secondary N) is 1. The SMILES string of the molecule is CC(C)C[C@@H](O)C(=O)N[C@@H](C(N)=O)C1CCCCC1. The normalized spacial score (nSPS) is 20.0. The second-order valence-corrected chi connectivity index (χ2v) is 5.93. The van der Waals surface area contributed by atoms with Gasteiger partial charge in [-0.15, -0.1) is 0 Å². The summed E-state index contributed by atoms with van der Waals surface area (Å²) in [4.78, 5) is 23.4. The van der Waals surface area contributed by atoms with E-state index in [0.29, 0.717) is 6.42 Å². The van der Waals surface area contributed by atoms with Crippen LogP contribution < -0.4 is 11.1 Å². The van der Waals surface area contributed by atoms with Crippen LogP contribution in [0.4, 0.5) is 0 Å². The smallest absolute Gasteiger partial charge is 0.249 e. The van der Waals surface area contributed by atoms with Crippen molar-refractivity contribution in [3.63, 3.8) is 0 Å². The van der Waals surface area contributed by atoms with E-state index in [2.05, 4.69) is 5.32 Å². The molecule has 4 N–H and O–H groups in total. The highest BCUT2D eigenvalue weighted by molar-refractivity contribution is 5.88. The zero-order valence-electron chi connectivity index (χ0n) is 11.9. The third-order valence-corrected chi connectivity index (χ3v) is 3.72.